The number of anilines is 4. The minimum Gasteiger partial charge on any atom is -0.542 e. The van der Waals surface area contributed by atoms with E-state index in [2.05, 4.69) is 169 Å². The van der Waals surface area contributed by atoms with Crippen molar-refractivity contribution >= 4 is 66.2 Å². The predicted molar refractivity (Wildman–Crippen MR) is 278 cm³/mol. The molecule has 2 aromatic heterocycles. The Bertz CT molecular complexity index is 2470. The summed E-state index contributed by atoms with van der Waals surface area (Å²) in [4.78, 5) is 24.3. The Balaban J connectivity index is 0.000000206. The highest BCUT2D eigenvalue weighted by Gasteiger charge is 2.40. The molecule has 0 unspecified atom stereocenters. The summed E-state index contributed by atoms with van der Waals surface area (Å²) in [5.74, 6) is 1.66. The predicted octanol–water partition coefficient (Wildman–Crippen LogP) is 8.23. The third kappa shape index (κ3) is 15.0. The number of amides is 1. The first-order valence-corrected chi connectivity index (χ1v) is 31.7. The molecule has 3 aliphatic rings. The average Bonchev–Trinajstić information content (AvgIpc) is 3.72. The number of ether oxygens (including phenoxy) is 1. The van der Waals surface area contributed by atoms with E-state index in [-0.39, 0.29) is 29.0 Å². The number of rotatable bonds is 12. The van der Waals surface area contributed by atoms with Gasteiger partial charge in [-0.3, -0.25) is 4.72 Å². The molecule has 0 spiro atoms. The smallest absolute Gasteiger partial charge is 0.425 e. The topological polar surface area (TPSA) is 188 Å². The van der Waals surface area contributed by atoms with Gasteiger partial charge in [0.15, 0.2) is 0 Å². The van der Waals surface area contributed by atoms with E-state index >= 15 is 0 Å². The first-order valence-electron chi connectivity index (χ1n) is 23.1. The zero-order valence-corrected chi connectivity index (χ0v) is 45.6. The number of nitrogens with one attached hydrogen (secondary N) is 3. The summed E-state index contributed by atoms with van der Waals surface area (Å²) in [6.45, 7) is 32.3. The molecule has 68 heavy (non-hydrogen) atoms. The van der Waals surface area contributed by atoms with Crippen LogP contribution < -0.4 is 33.4 Å². The van der Waals surface area contributed by atoms with Crippen molar-refractivity contribution in [3.63, 3.8) is 0 Å². The molecule has 0 bridgehead atoms. The van der Waals surface area contributed by atoms with Crippen molar-refractivity contribution in [3.8, 4) is 11.5 Å². The van der Waals surface area contributed by atoms with Crippen LogP contribution in [-0.2, 0) is 25.2 Å². The van der Waals surface area contributed by atoms with E-state index in [0.717, 1.165) is 31.9 Å². The lowest BCUT2D eigenvalue weighted by molar-refractivity contribution is 0.170. The number of pyridine rings is 2. The number of hydrogen-bond donors (Lipinski definition) is 3. The lowest BCUT2D eigenvalue weighted by atomic mass is 10.2. The van der Waals surface area contributed by atoms with E-state index in [0.29, 0.717) is 47.8 Å². The summed E-state index contributed by atoms with van der Waals surface area (Å²) < 4.78 is 73.7. The summed E-state index contributed by atoms with van der Waals surface area (Å²) >= 11 is 0. The lowest BCUT2D eigenvalue weighted by Crippen LogP contribution is -2.50. The van der Waals surface area contributed by atoms with Gasteiger partial charge in [0, 0.05) is 63.7 Å². The van der Waals surface area contributed by atoms with Crippen LogP contribution in [0.25, 0.3) is 0 Å². The second-order valence-corrected chi connectivity index (χ2v) is 32.9. The lowest BCUT2D eigenvalue weighted by Gasteiger charge is -2.36. The normalized spacial score (nSPS) is 16.4. The molecule has 3 aliphatic heterocycles. The first-order chi connectivity index (χ1) is 31.7. The Morgan fingerprint density at radius 1 is 0.588 bits per heavy atom. The van der Waals surface area contributed by atoms with Crippen LogP contribution in [0.15, 0.2) is 85.2 Å². The van der Waals surface area contributed by atoms with Crippen LogP contribution in [0.5, 0.6) is 11.5 Å². The number of piperazine rings is 2. The number of aromatic nitrogens is 2. The third-order valence-electron chi connectivity index (χ3n) is 12.8. The second kappa shape index (κ2) is 22.2. The largest absolute Gasteiger partial charge is 0.542 e. The van der Waals surface area contributed by atoms with Gasteiger partial charge in [0.05, 0.1) is 18.9 Å². The van der Waals surface area contributed by atoms with Crippen LogP contribution in [0.4, 0.5) is 27.8 Å². The molecule has 0 radical (unpaired) electrons. The highest BCUT2D eigenvalue weighted by atomic mass is 32.2. The number of nitrogens with zero attached hydrogens (tertiary/aromatic N) is 6. The van der Waals surface area contributed by atoms with Crippen molar-refractivity contribution in [3.05, 3.63) is 96.3 Å². The molecule has 374 valence electrons. The van der Waals surface area contributed by atoms with Crippen LogP contribution in [0.2, 0.25) is 36.3 Å². The molecule has 17 nitrogen and oxygen atoms in total. The van der Waals surface area contributed by atoms with Gasteiger partial charge in [0.25, 0.3) is 16.6 Å². The van der Waals surface area contributed by atoms with Crippen LogP contribution in [0.3, 0.4) is 0 Å². The van der Waals surface area contributed by atoms with Crippen LogP contribution in [0, 0.1) is 13.8 Å². The van der Waals surface area contributed by atoms with E-state index in [1.54, 1.807) is 24.4 Å². The summed E-state index contributed by atoms with van der Waals surface area (Å²) in [7, 11) is -11.6. The third-order valence-corrected chi connectivity index (χ3v) is 24.4. The molecule has 0 saturated carbocycles. The average molecular weight is 1010 g/mol. The molecule has 4 aromatic rings. The summed E-state index contributed by atoms with van der Waals surface area (Å²) in [6.07, 6.45) is 2.18. The zero-order chi connectivity index (χ0) is 50.1. The van der Waals surface area contributed by atoms with Crippen LogP contribution in [-0.4, -0.2) is 124 Å². The maximum atomic E-state index is 12.8. The standard InChI is InChI=1S/C22H34N4O3SSi.C14H23N3O5SSi.C11H16N2/c1-18-7-9-19(10-8-18)25-13-15-26(16-14-25)30(27,28)24-21-12-11-20(17-23-21)29-31(5,6)22(2,3)4;1-14(2,3)24(4,5)22-11-6-7-12(15-10-11)16-23(19,20)17-8-9-21-13(17)18;1-10-2-4-11(5-3-10)13-8-6-12-7-9-13/h7-12,17H,13-16H2,1-6H3,(H,23,24);6-7,10H,8-9H2,1-5H3,(H,15,16);2-5,12H,6-9H2,1H3. The fourth-order valence-electron chi connectivity index (χ4n) is 6.50. The maximum absolute atomic E-state index is 12.8. The van der Waals surface area contributed by atoms with Gasteiger partial charge in [-0.15, -0.1) is 0 Å². The van der Waals surface area contributed by atoms with Crippen molar-refractivity contribution in [2.24, 2.45) is 0 Å². The SMILES string of the molecule is CC(C)(C)[Si](C)(C)Oc1ccc(NS(=O)(=O)N2CCOC2=O)nc1.Cc1ccc(N2CCN(S(=O)(=O)Nc3ccc(O[Si](C)(C)C(C)(C)C)cn3)CC2)cc1.Cc1ccc(N2CCNCC2)cc1. The van der Waals surface area contributed by atoms with E-state index in [1.165, 1.54) is 33.4 Å². The summed E-state index contributed by atoms with van der Waals surface area (Å²) in [6, 6.07) is 23.7. The Morgan fingerprint density at radius 2 is 1.00 bits per heavy atom. The monoisotopic (exact) mass is 1010 g/mol. The molecule has 3 saturated heterocycles. The maximum Gasteiger partial charge on any atom is 0.425 e. The number of carbonyl (C=O) groups excluding carboxylic acids is 1. The van der Waals surface area contributed by atoms with Crippen molar-refractivity contribution in [2.75, 3.05) is 84.8 Å². The number of hydrogen-bond acceptors (Lipinski definition) is 13. The van der Waals surface area contributed by atoms with Gasteiger partial charge in [-0.25, -0.2) is 19.5 Å². The number of cyclic esters (lactones) is 1. The van der Waals surface area contributed by atoms with Gasteiger partial charge < -0.3 is 28.7 Å². The van der Waals surface area contributed by atoms with E-state index in [4.69, 9.17) is 8.85 Å². The van der Waals surface area contributed by atoms with Gasteiger partial charge in [0.2, 0.25) is 0 Å². The molecule has 7 rings (SSSR count). The van der Waals surface area contributed by atoms with E-state index in [9.17, 15) is 21.6 Å². The van der Waals surface area contributed by atoms with E-state index < -0.39 is 43.1 Å². The van der Waals surface area contributed by atoms with Crippen molar-refractivity contribution < 1.29 is 35.2 Å². The zero-order valence-electron chi connectivity index (χ0n) is 41.9. The molecule has 3 fully saturated rings. The minimum atomic E-state index is -4.02. The Morgan fingerprint density at radius 3 is 1.37 bits per heavy atom. The molecule has 5 heterocycles. The quantitative estimate of drug-likeness (QED) is 0.115. The minimum absolute atomic E-state index is 0.0132. The molecule has 2 aromatic carbocycles. The second-order valence-electron chi connectivity index (χ2n) is 20.2. The van der Waals surface area contributed by atoms with Gasteiger partial charge in [0.1, 0.15) is 29.7 Å². The highest BCUT2D eigenvalue weighted by Crippen LogP contribution is 2.38. The van der Waals surface area contributed by atoms with Gasteiger partial charge in [-0.1, -0.05) is 76.9 Å². The molecule has 1 amide bonds. The van der Waals surface area contributed by atoms with Crippen molar-refractivity contribution in [1.29, 1.82) is 0 Å². The highest BCUT2D eigenvalue weighted by molar-refractivity contribution is 7.91. The Labute approximate surface area is 407 Å². The van der Waals surface area contributed by atoms with Crippen molar-refractivity contribution in [2.45, 2.75) is 91.7 Å². The molecule has 0 atom stereocenters. The number of aryl methyl sites for hydroxylation is 2. The first kappa shape index (κ1) is 54.0. The Hall–Kier alpha value is -4.94. The van der Waals surface area contributed by atoms with Gasteiger partial charge in [-0.2, -0.15) is 25.4 Å². The number of carbonyl (C=O) groups is 1. The molecule has 0 aliphatic carbocycles. The molecular weight excluding hydrogens is 939 g/mol. The fourth-order valence-corrected chi connectivity index (χ4v) is 10.7. The summed E-state index contributed by atoms with van der Waals surface area (Å²) in [5.41, 5.74) is 5.02. The van der Waals surface area contributed by atoms with Crippen LogP contribution in [0.1, 0.15) is 52.7 Å². The molecular formula is C47H73N9O8S2Si2. The fraction of sp³-hybridized carbons (Fsp3) is 0.511. The molecule has 21 heteroatoms. The summed E-state index contributed by atoms with van der Waals surface area (Å²) in [5, 5.41) is 3.48. The molecule has 3 N–H and O–H groups in total. The Kier molecular flexibility index (Phi) is 17.6. The van der Waals surface area contributed by atoms with Gasteiger partial charge in [-0.05, 0) is 98.6 Å². The van der Waals surface area contributed by atoms with Crippen LogP contribution >= 0.6 is 0 Å². The van der Waals surface area contributed by atoms with Crippen molar-refractivity contribution in [1.82, 2.24) is 23.9 Å². The van der Waals surface area contributed by atoms with E-state index in [1.807, 2.05) is 0 Å². The van der Waals surface area contributed by atoms with Gasteiger partial charge >= 0.3 is 26.5 Å². The number of benzene rings is 2.